The molecule has 3 heteroatoms. The van der Waals surface area contributed by atoms with Crippen LogP contribution in [0.1, 0.15) is 44.0 Å². The molecule has 0 aliphatic heterocycles. The quantitative estimate of drug-likeness (QED) is 0.902. The van der Waals surface area contributed by atoms with Crippen LogP contribution in [0.5, 0.6) is 0 Å². The number of fused-ring (bicyclic) bond motifs is 1. The Labute approximate surface area is 125 Å². The maximum absolute atomic E-state index is 4.80. The zero-order valence-electron chi connectivity index (χ0n) is 12.5. The third kappa shape index (κ3) is 2.75. The SMILES string of the molecule is CNC(Cc1nc2ccccc2s1)C1(C)CCCCC1. The van der Waals surface area contributed by atoms with Crippen LogP contribution in [0.15, 0.2) is 24.3 Å². The van der Waals surface area contributed by atoms with Gasteiger partial charge in [0, 0.05) is 12.5 Å². The van der Waals surface area contributed by atoms with Gasteiger partial charge in [-0.2, -0.15) is 0 Å². The van der Waals surface area contributed by atoms with Crippen molar-refractivity contribution in [3.63, 3.8) is 0 Å². The number of hydrogen-bond acceptors (Lipinski definition) is 3. The lowest BCUT2D eigenvalue weighted by Gasteiger charge is -2.40. The number of hydrogen-bond donors (Lipinski definition) is 1. The Morgan fingerprint density at radius 1 is 1.25 bits per heavy atom. The van der Waals surface area contributed by atoms with E-state index in [1.807, 2.05) is 11.3 Å². The third-order valence-electron chi connectivity index (χ3n) is 4.90. The highest BCUT2D eigenvalue weighted by atomic mass is 32.1. The Hall–Kier alpha value is -0.930. The highest BCUT2D eigenvalue weighted by Gasteiger charge is 2.35. The molecule has 1 saturated carbocycles. The van der Waals surface area contributed by atoms with Gasteiger partial charge in [-0.15, -0.1) is 11.3 Å². The molecule has 1 aliphatic carbocycles. The van der Waals surface area contributed by atoms with Crippen LogP contribution in [0.2, 0.25) is 0 Å². The molecule has 2 nitrogen and oxygen atoms in total. The number of likely N-dealkylation sites (N-methyl/N-ethyl adjacent to an activating group) is 1. The molecule has 1 fully saturated rings. The Kier molecular flexibility index (Phi) is 4.08. The highest BCUT2D eigenvalue weighted by molar-refractivity contribution is 7.18. The van der Waals surface area contributed by atoms with Crippen molar-refractivity contribution in [3.05, 3.63) is 29.3 Å². The first-order valence-corrected chi connectivity index (χ1v) is 8.55. The molecule has 3 rings (SSSR count). The fourth-order valence-corrected chi connectivity index (χ4v) is 4.60. The minimum Gasteiger partial charge on any atom is -0.316 e. The van der Waals surface area contributed by atoms with E-state index in [0.29, 0.717) is 11.5 Å². The molecule has 0 amide bonds. The van der Waals surface area contributed by atoms with E-state index >= 15 is 0 Å². The van der Waals surface area contributed by atoms with E-state index in [-0.39, 0.29) is 0 Å². The van der Waals surface area contributed by atoms with Gasteiger partial charge in [0.2, 0.25) is 0 Å². The van der Waals surface area contributed by atoms with E-state index in [1.165, 1.54) is 41.8 Å². The fraction of sp³-hybridized carbons (Fsp3) is 0.588. The smallest absolute Gasteiger partial charge is 0.0954 e. The highest BCUT2D eigenvalue weighted by Crippen LogP contribution is 2.40. The van der Waals surface area contributed by atoms with E-state index in [0.717, 1.165) is 11.9 Å². The van der Waals surface area contributed by atoms with Crippen molar-refractivity contribution in [2.45, 2.75) is 51.5 Å². The number of nitrogens with one attached hydrogen (secondary N) is 1. The van der Waals surface area contributed by atoms with Crippen LogP contribution in [0.25, 0.3) is 10.2 Å². The van der Waals surface area contributed by atoms with E-state index in [1.54, 1.807) is 0 Å². The number of rotatable bonds is 4. The van der Waals surface area contributed by atoms with Gasteiger partial charge < -0.3 is 5.32 Å². The summed E-state index contributed by atoms with van der Waals surface area (Å²) >= 11 is 1.85. The van der Waals surface area contributed by atoms with Crippen molar-refractivity contribution in [2.75, 3.05) is 7.05 Å². The summed E-state index contributed by atoms with van der Waals surface area (Å²) < 4.78 is 1.31. The van der Waals surface area contributed by atoms with Crippen LogP contribution in [-0.4, -0.2) is 18.1 Å². The summed E-state index contributed by atoms with van der Waals surface area (Å²) in [5.74, 6) is 0. The summed E-state index contributed by atoms with van der Waals surface area (Å²) in [6.45, 7) is 2.46. The molecule has 1 aromatic heterocycles. The molecule has 0 saturated heterocycles. The van der Waals surface area contributed by atoms with Crippen molar-refractivity contribution >= 4 is 21.6 Å². The topological polar surface area (TPSA) is 24.9 Å². The normalized spacial score (nSPS) is 20.1. The van der Waals surface area contributed by atoms with E-state index < -0.39 is 0 Å². The largest absolute Gasteiger partial charge is 0.316 e. The zero-order chi connectivity index (χ0) is 14.0. The molecule has 1 aromatic carbocycles. The number of thiazole rings is 1. The van der Waals surface area contributed by atoms with Gasteiger partial charge in [0.15, 0.2) is 0 Å². The summed E-state index contributed by atoms with van der Waals surface area (Å²) in [6.07, 6.45) is 7.94. The molecule has 0 bridgehead atoms. The monoisotopic (exact) mass is 288 g/mol. The lowest BCUT2D eigenvalue weighted by molar-refractivity contribution is 0.149. The van der Waals surface area contributed by atoms with Gasteiger partial charge in [0.25, 0.3) is 0 Å². The van der Waals surface area contributed by atoms with E-state index in [9.17, 15) is 0 Å². The molecule has 108 valence electrons. The van der Waals surface area contributed by atoms with Crippen LogP contribution in [0.3, 0.4) is 0 Å². The summed E-state index contributed by atoms with van der Waals surface area (Å²) in [5.41, 5.74) is 1.58. The number of aromatic nitrogens is 1. The van der Waals surface area contributed by atoms with Crippen LogP contribution in [0, 0.1) is 5.41 Å². The first-order chi connectivity index (χ1) is 9.71. The predicted octanol–water partition coefficient (Wildman–Crippen LogP) is 4.40. The van der Waals surface area contributed by atoms with Crippen molar-refractivity contribution in [1.82, 2.24) is 10.3 Å². The van der Waals surface area contributed by atoms with Crippen molar-refractivity contribution in [3.8, 4) is 0 Å². The maximum atomic E-state index is 4.80. The summed E-state index contributed by atoms with van der Waals surface area (Å²) in [7, 11) is 2.11. The van der Waals surface area contributed by atoms with E-state index in [2.05, 4.69) is 43.6 Å². The third-order valence-corrected chi connectivity index (χ3v) is 5.96. The van der Waals surface area contributed by atoms with Crippen molar-refractivity contribution < 1.29 is 0 Å². The Morgan fingerprint density at radius 2 is 2.00 bits per heavy atom. The first-order valence-electron chi connectivity index (χ1n) is 7.73. The van der Waals surface area contributed by atoms with Gasteiger partial charge in [-0.3, -0.25) is 0 Å². The van der Waals surface area contributed by atoms with Crippen molar-refractivity contribution in [2.24, 2.45) is 5.41 Å². The Morgan fingerprint density at radius 3 is 2.70 bits per heavy atom. The fourth-order valence-electron chi connectivity index (χ4n) is 3.59. The molecule has 20 heavy (non-hydrogen) atoms. The molecule has 1 atom stereocenters. The number of nitrogens with zero attached hydrogens (tertiary/aromatic N) is 1. The summed E-state index contributed by atoms with van der Waals surface area (Å²) in [4.78, 5) is 4.80. The summed E-state index contributed by atoms with van der Waals surface area (Å²) in [5, 5.41) is 4.85. The zero-order valence-corrected chi connectivity index (χ0v) is 13.3. The Bertz CT molecular complexity index is 536. The average Bonchev–Trinajstić information content (AvgIpc) is 2.88. The lowest BCUT2D eigenvalue weighted by Crippen LogP contribution is -2.44. The van der Waals surface area contributed by atoms with Gasteiger partial charge >= 0.3 is 0 Å². The molecule has 2 aromatic rings. The molecule has 1 aliphatic rings. The molecule has 1 unspecified atom stereocenters. The van der Waals surface area contributed by atoms with Crippen LogP contribution >= 0.6 is 11.3 Å². The van der Waals surface area contributed by atoms with Crippen LogP contribution in [-0.2, 0) is 6.42 Å². The molecular weight excluding hydrogens is 264 g/mol. The minimum absolute atomic E-state index is 0.435. The molecular formula is C17H24N2S. The second-order valence-electron chi connectivity index (χ2n) is 6.34. The van der Waals surface area contributed by atoms with Crippen LogP contribution in [0.4, 0.5) is 0 Å². The van der Waals surface area contributed by atoms with Gasteiger partial charge in [-0.1, -0.05) is 38.3 Å². The van der Waals surface area contributed by atoms with Gasteiger partial charge in [-0.05, 0) is 37.4 Å². The maximum Gasteiger partial charge on any atom is 0.0954 e. The first kappa shape index (κ1) is 14.0. The van der Waals surface area contributed by atoms with Gasteiger partial charge in [0.05, 0.1) is 15.2 Å². The lowest BCUT2D eigenvalue weighted by atomic mass is 9.70. The van der Waals surface area contributed by atoms with Crippen molar-refractivity contribution in [1.29, 1.82) is 0 Å². The second-order valence-corrected chi connectivity index (χ2v) is 7.45. The molecule has 0 radical (unpaired) electrons. The van der Waals surface area contributed by atoms with E-state index in [4.69, 9.17) is 4.98 Å². The average molecular weight is 288 g/mol. The standard InChI is InChI=1S/C17H24N2S/c1-17(10-6-3-7-11-17)15(18-2)12-16-19-13-8-4-5-9-14(13)20-16/h4-5,8-9,15,18H,3,6-7,10-12H2,1-2H3. The number of benzene rings is 1. The Balaban J connectivity index is 1.80. The number of para-hydroxylation sites is 1. The van der Waals surface area contributed by atoms with Gasteiger partial charge in [0.1, 0.15) is 0 Å². The molecule has 0 spiro atoms. The molecule has 1 N–H and O–H groups in total. The minimum atomic E-state index is 0.435. The van der Waals surface area contributed by atoms with Crippen LogP contribution < -0.4 is 5.32 Å². The molecule has 1 heterocycles. The second kappa shape index (κ2) is 5.82. The predicted molar refractivity (Wildman–Crippen MR) is 87.4 cm³/mol. The summed E-state index contributed by atoms with van der Waals surface area (Å²) in [6, 6.07) is 9.01. The van der Waals surface area contributed by atoms with Gasteiger partial charge in [-0.25, -0.2) is 4.98 Å².